The SMILES string of the molecule is CCCNC(=O)[C@H](CC)N(Cc1ccc(F)cc1)C(=O)CN(c1ccccc1Cl)S(=O)(=O)c1ccc(C)cc1. The zero-order valence-corrected chi connectivity index (χ0v) is 23.8. The Morgan fingerprint density at radius 1 is 0.974 bits per heavy atom. The fraction of sp³-hybridized carbons (Fsp3) is 0.310. The molecule has 0 fully saturated rings. The van der Waals surface area contributed by atoms with E-state index in [9.17, 15) is 22.4 Å². The molecule has 1 N–H and O–H groups in total. The van der Waals surface area contributed by atoms with Gasteiger partial charge in [-0.25, -0.2) is 12.8 Å². The monoisotopic (exact) mass is 573 g/mol. The fourth-order valence-corrected chi connectivity index (χ4v) is 5.80. The van der Waals surface area contributed by atoms with Gasteiger partial charge < -0.3 is 10.2 Å². The van der Waals surface area contributed by atoms with Gasteiger partial charge in [-0.3, -0.25) is 13.9 Å². The van der Waals surface area contributed by atoms with Crippen molar-refractivity contribution in [3.05, 3.63) is 94.8 Å². The highest BCUT2D eigenvalue weighted by Gasteiger charge is 2.34. The lowest BCUT2D eigenvalue weighted by atomic mass is 10.1. The van der Waals surface area contributed by atoms with Crippen molar-refractivity contribution in [2.45, 2.75) is 51.1 Å². The molecule has 0 bridgehead atoms. The number of hydrogen-bond donors (Lipinski definition) is 1. The zero-order valence-electron chi connectivity index (χ0n) is 22.2. The molecule has 39 heavy (non-hydrogen) atoms. The van der Waals surface area contributed by atoms with Crippen LogP contribution >= 0.6 is 11.6 Å². The van der Waals surface area contributed by atoms with Crippen LogP contribution in [0.25, 0.3) is 0 Å². The molecule has 0 radical (unpaired) electrons. The van der Waals surface area contributed by atoms with Crippen molar-refractivity contribution < 1.29 is 22.4 Å². The molecule has 0 aliphatic carbocycles. The molecule has 0 aliphatic heterocycles. The lowest BCUT2D eigenvalue weighted by Gasteiger charge is -2.33. The largest absolute Gasteiger partial charge is 0.354 e. The van der Waals surface area contributed by atoms with E-state index in [0.29, 0.717) is 24.9 Å². The molecule has 0 heterocycles. The molecule has 0 spiro atoms. The minimum absolute atomic E-state index is 0.00126. The van der Waals surface area contributed by atoms with Gasteiger partial charge in [-0.1, -0.05) is 67.4 Å². The van der Waals surface area contributed by atoms with E-state index in [1.54, 1.807) is 37.3 Å². The summed E-state index contributed by atoms with van der Waals surface area (Å²) in [4.78, 5) is 28.3. The van der Waals surface area contributed by atoms with Crippen LogP contribution in [-0.4, -0.2) is 44.3 Å². The van der Waals surface area contributed by atoms with E-state index < -0.39 is 34.3 Å². The molecule has 0 saturated carbocycles. The Morgan fingerprint density at radius 2 is 1.62 bits per heavy atom. The van der Waals surface area contributed by atoms with Crippen molar-refractivity contribution in [3.8, 4) is 0 Å². The molecule has 1 atom stereocenters. The van der Waals surface area contributed by atoms with Crippen molar-refractivity contribution in [2.75, 3.05) is 17.4 Å². The second-order valence-corrected chi connectivity index (χ2v) is 11.4. The van der Waals surface area contributed by atoms with Gasteiger partial charge in [-0.2, -0.15) is 0 Å². The predicted molar refractivity (Wildman–Crippen MR) is 151 cm³/mol. The van der Waals surface area contributed by atoms with E-state index in [-0.39, 0.29) is 28.1 Å². The Morgan fingerprint density at radius 3 is 2.21 bits per heavy atom. The van der Waals surface area contributed by atoms with Crippen molar-refractivity contribution in [1.82, 2.24) is 10.2 Å². The molecule has 3 aromatic rings. The highest BCUT2D eigenvalue weighted by Crippen LogP contribution is 2.31. The molecule has 0 aromatic heterocycles. The molecule has 3 aromatic carbocycles. The van der Waals surface area contributed by atoms with E-state index in [0.717, 1.165) is 9.87 Å². The van der Waals surface area contributed by atoms with Gasteiger partial charge >= 0.3 is 0 Å². The van der Waals surface area contributed by atoms with E-state index in [2.05, 4.69) is 5.32 Å². The third-order valence-corrected chi connectivity index (χ3v) is 8.30. The minimum Gasteiger partial charge on any atom is -0.354 e. The fourth-order valence-electron chi connectivity index (χ4n) is 4.08. The van der Waals surface area contributed by atoms with E-state index in [4.69, 9.17) is 11.6 Å². The first-order valence-electron chi connectivity index (χ1n) is 12.7. The average Bonchev–Trinajstić information content (AvgIpc) is 2.92. The molecule has 7 nitrogen and oxygen atoms in total. The van der Waals surface area contributed by atoms with Crippen LogP contribution in [0.2, 0.25) is 5.02 Å². The Hall–Kier alpha value is -3.43. The minimum atomic E-state index is -4.22. The molecular weight excluding hydrogens is 541 g/mol. The van der Waals surface area contributed by atoms with Gasteiger partial charge in [-0.05, 0) is 61.7 Å². The number of halogens is 2. The summed E-state index contributed by atoms with van der Waals surface area (Å²) < 4.78 is 42.2. The number of amides is 2. The van der Waals surface area contributed by atoms with Crippen LogP contribution in [-0.2, 0) is 26.2 Å². The number of benzene rings is 3. The molecule has 208 valence electrons. The number of para-hydroxylation sites is 1. The highest BCUT2D eigenvalue weighted by molar-refractivity contribution is 7.92. The maximum atomic E-state index is 13.9. The number of anilines is 1. The van der Waals surface area contributed by atoms with Crippen LogP contribution in [0, 0.1) is 12.7 Å². The van der Waals surface area contributed by atoms with Gasteiger partial charge in [-0.15, -0.1) is 0 Å². The number of aryl methyl sites for hydroxylation is 1. The van der Waals surface area contributed by atoms with Crippen LogP contribution in [0.1, 0.15) is 37.8 Å². The maximum Gasteiger partial charge on any atom is 0.264 e. The van der Waals surface area contributed by atoms with Gasteiger partial charge in [0.15, 0.2) is 0 Å². The van der Waals surface area contributed by atoms with E-state index in [1.165, 1.54) is 47.4 Å². The van der Waals surface area contributed by atoms with Crippen molar-refractivity contribution in [3.63, 3.8) is 0 Å². The Kier molecular flexibility index (Phi) is 10.5. The Balaban J connectivity index is 2.05. The summed E-state index contributed by atoms with van der Waals surface area (Å²) in [6, 6.07) is 17.4. The topological polar surface area (TPSA) is 86.8 Å². The summed E-state index contributed by atoms with van der Waals surface area (Å²) in [5.74, 6) is -1.38. The highest BCUT2D eigenvalue weighted by atomic mass is 35.5. The number of carbonyl (C=O) groups excluding carboxylic acids is 2. The van der Waals surface area contributed by atoms with Crippen molar-refractivity contribution in [1.29, 1.82) is 0 Å². The number of nitrogens with zero attached hydrogens (tertiary/aromatic N) is 2. The van der Waals surface area contributed by atoms with Crippen LogP contribution in [0.15, 0.2) is 77.7 Å². The summed E-state index contributed by atoms with van der Waals surface area (Å²) in [6.07, 6.45) is 1.00. The first kappa shape index (κ1) is 30.1. The van der Waals surface area contributed by atoms with Crippen molar-refractivity contribution >= 4 is 39.1 Å². The molecule has 0 aliphatic rings. The Bertz CT molecular complexity index is 1380. The molecular formula is C29H33ClFN3O4S. The zero-order chi connectivity index (χ0) is 28.6. The number of nitrogens with one attached hydrogen (secondary N) is 1. The van der Waals surface area contributed by atoms with Gasteiger partial charge in [0, 0.05) is 13.1 Å². The number of sulfonamides is 1. The second kappa shape index (κ2) is 13.6. The number of hydrogen-bond acceptors (Lipinski definition) is 4. The number of carbonyl (C=O) groups is 2. The van der Waals surface area contributed by atoms with Crippen LogP contribution in [0.3, 0.4) is 0 Å². The first-order valence-corrected chi connectivity index (χ1v) is 14.6. The van der Waals surface area contributed by atoms with Gasteiger partial charge in [0.1, 0.15) is 18.4 Å². The lowest BCUT2D eigenvalue weighted by molar-refractivity contribution is -0.140. The summed E-state index contributed by atoms with van der Waals surface area (Å²) >= 11 is 6.41. The van der Waals surface area contributed by atoms with Gasteiger partial charge in [0.25, 0.3) is 10.0 Å². The molecule has 10 heteroatoms. The third kappa shape index (κ3) is 7.58. The van der Waals surface area contributed by atoms with Crippen LogP contribution in [0.5, 0.6) is 0 Å². The normalized spacial score (nSPS) is 12.0. The smallest absolute Gasteiger partial charge is 0.264 e. The standard InChI is InChI=1S/C29H33ClFN3O4S/c1-4-18-32-29(36)26(5-2)33(19-22-12-14-23(31)15-13-22)28(35)20-34(27-9-7-6-8-25(27)30)39(37,38)24-16-10-21(3)11-17-24/h6-17,26H,4-5,18-20H2,1-3H3,(H,32,36)/t26-/m0/s1. The summed E-state index contributed by atoms with van der Waals surface area (Å²) in [6.45, 7) is 5.35. The molecule has 2 amide bonds. The van der Waals surface area contributed by atoms with Gasteiger partial charge in [0.2, 0.25) is 11.8 Å². The maximum absolute atomic E-state index is 13.9. The molecule has 0 unspecified atom stereocenters. The van der Waals surface area contributed by atoms with E-state index in [1.807, 2.05) is 13.8 Å². The average molecular weight is 574 g/mol. The van der Waals surface area contributed by atoms with Crippen LogP contribution in [0.4, 0.5) is 10.1 Å². The predicted octanol–water partition coefficient (Wildman–Crippen LogP) is 5.32. The summed E-state index contributed by atoms with van der Waals surface area (Å²) in [5, 5.41) is 2.97. The lowest BCUT2D eigenvalue weighted by Crippen LogP contribution is -2.52. The summed E-state index contributed by atoms with van der Waals surface area (Å²) in [7, 11) is -4.22. The summed E-state index contributed by atoms with van der Waals surface area (Å²) in [5.41, 5.74) is 1.61. The molecule has 0 saturated heterocycles. The second-order valence-electron chi connectivity index (χ2n) is 9.14. The third-order valence-electron chi connectivity index (χ3n) is 6.21. The molecule has 3 rings (SSSR count). The number of rotatable bonds is 12. The Labute approximate surface area is 234 Å². The van der Waals surface area contributed by atoms with E-state index >= 15 is 0 Å². The van der Waals surface area contributed by atoms with Crippen LogP contribution < -0.4 is 9.62 Å². The quantitative estimate of drug-likeness (QED) is 0.318. The first-order chi connectivity index (χ1) is 18.6. The van der Waals surface area contributed by atoms with Crippen molar-refractivity contribution in [2.24, 2.45) is 0 Å². The van der Waals surface area contributed by atoms with Gasteiger partial charge in [0.05, 0.1) is 15.6 Å².